The lowest BCUT2D eigenvalue weighted by Crippen LogP contribution is -2.58. The van der Waals surface area contributed by atoms with Crippen LogP contribution in [0.3, 0.4) is 0 Å². The molecule has 2 aliphatic heterocycles. The van der Waals surface area contributed by atoms with Crippen LogP contribution in [0.25, 0.3) is 21.0 Å². The molecule has 8 bridgehead atoms. The molecule has 11 heteroatoms. The first-order valence-corrected chi connectivity index (χ1v) is 18.8. The van der Waals surface area contributed by atoms with Crippen molar-refractivity contribution in [2.75, 3.05) is 13.1 Å². The Kier molecular flexibility index (Phi) is 6.77. The first-order valence-electron chi connectivity index (χ1n) is 18.0. The van der Waals surface area contributed by atoms with E-state index in [9.17, 15) is 19.5 Å². The monoisotopic (exact) mass is 689 g/mol. The number of carboxylic acid groups (broad SMARTS) is 1. The fraction of sp³-hybridized carbons (Fsp3) is 0.595. The first-order chi connectivity index (χ1) is 23.2. The van der Waals surface area contributed by atoms with Crippen molar-refractivity contribution < 1.29 is 19.5 Å². The van der Waals surface area contributed by atoms with Crippen molar-refractivity contribution in [3.63, 3.8) is 0 Å². The highest BCUT2D eigenvalue weighted by Crippen LogP contribution is 2.56. The number of fused-ring (bicyclic) bond motifs is 1. The second-order valence-electron chi connectivity index (χ2n) is 16.5. The number of hydrogen-bond acceptors (Lipinski definition) is 5. The summed E-state index contributed by atoms with van der Waals surface area (Å²) in [6.45, 7) is 0.811. The van der Waals surface area contributed by atoms with E-state index in [1.54, 1.807) is 12.1 Å². The maximum atomic E-state index is 13.6. The molecule has 2 saturated heterocycles. The maximum absolute atomic E-state index is 13.6. The molecular formula is C37H41Cl2N5O4. The zero-order chi connectivity index (χ0) is 32.6. The molecule has 12 rings (SSSR count). The van der Waals surface area contributed by atoms with Crippen LogP contribution in [-0.4, -0.2) is 63.1 Å². The SMILES string of the molecule is O=C1NN(C2C3CC4CC(C3)CC2C4)CC1=C(Cl)c1cc(C(Cl)=C2CN(C3C4CC5CC(C4)CC3C5)NC2=O)c2cc(C(=O)O)[nH]c2c1. The van der Waals surface area contributed by atoms with E-state index in [1.807, 2.05) is 6.07 Å². The maximum Gasteiger partial charge on any atom is 0.352 e. The summed E-state index contributed by atoms with van der Waals surface area (Å²) in [6.07, 6.45) is 12.7. The molecule has 252 valence electrons. The number of carbonyl (C=O) groups is 3. The molecule has 0 atom stereocenters. The lowest BCUT2D eigenvalue weighted by Gasteiger charge is -2.56. The Morgan fingerprint density at radius 1 is 0.667 bits per heavy atom. The van der Waals surface area contributed by atoms with Crippen molar-refractivity contribution in [1.29, 1.82) is 0 Å². The highest BCUT2D eigenvalue weighted by atomic mass is 35.5. The number of rotatable bonds is 5. The molecule has 4 N–H and O–H groups in total. The third-order valence-corrected chi connectivity index (χ3v) is 14.6. The van der Waals surface area contributed by atoms with E-state index in [1.165, 1.54) is 64.2 Å². The predicted octanol–water partition coefficient (Wildman–Crippen LogP) is 6.11. The number of amides is 2. The van der Waals surface area contributed by atoms with Gasteiger partial charge in [0.2, 0.25) is 0 Å². The van der Waals surface area contributed by atoms with Crippen LogP contribution in [0, 0.1) is 47.3 Å². The van der Waals surface area contributed by atoms with Gasteiger partial charge >= 0.3 is 5.97 Å². The number of aromatic amines is 1. The van der Waals surface area contributed by atoms with Crippen LogP contribution in [0.1, 0.15) is 85.8 Å². The van der Waals surface area contributed by atoms with Gasteiger partial charge in [-0.3, -0.25) is 20.4 Å². The highest BCUT2D eigenvalue weighted by molar-refractivity contribution is 6.53. The zero-order valence-electron chi connectivity index (χ0n) is 26.8. The van der Waals surface area contributed by atoms with Crippen molar-refractivity contribution in [1.82, 2.24) is 25.9 Å². The van der Waals surface area contributed by atoms with Crippen LogP contribution in [-0.2, 0) is 9.59 Å². The van der Waals surface area contributed by atoms with Crippen molar-refractivity contribution in [2.24, 2.45) is 47.3 Å². The molecule has 8 aliphatic carbocycles. The number of carbonyl (C=O) groups excluding carboxylic acids is 2. The summed E-state index contributed by atoms with van der Waals surface area (Å²) in [5.74, 6) is 4.23. The second kappa shape index (κ2) is 10.8. The first kappa shape index (κ1) is 30.0. The molecule has 8 saturated carbocycles. The van der Waals surface area contributed by atoms with Gasteiger partial charge in [-0.05, 0) is 135 Å². The Morgan fingerprint density at radius 2 is 1.12 bits per heavy atom. The predicted molar refractivity (Wildman–Crippen MR) is 182 cm³/mol. The number of H-pyrrole nitrogens is 1. The lowest BCUT2D eigenvalue weighted by atomic mass is 9.54. The van der Waals surface area contributed by atoms with Gasteiger partial charge in [0.1, 0.15) is 5.69 Å². The number of nitrogens with one attached hydrogen (secondary N) is 3. The van der Waals surface area contributed by atoms with Crippen LogP contribution in [0.15, 0.2) is 29.3 Å². The van der Waals surface area contributed by atoms with E-state index < -0.39 is 5.97 Å². The molecule has 2 amide bonds. The zero-order valence-corrected chi connectivity index (χ0v) is 28.3. The number of benzene rings is 1. The molecule has 3 heterocycles. The minimum Gasteiger partial charge on any atom is -0.477 e. The minimum atomic E-state index is -1.10. The van der Waals surface area contributed by atoms with E-state index in [-0.39, 0.29) is 22.5 Å². The third kappa shape index (κ3) is 4.60. The number of carboxylic acids is 1. The van der Waals surface area contributed by atoms with E-state index in [2.05, 4.69) is 25.9 Å². The second-order valence-corrected chi connectivity index (χ2v) is 17.3. The average molecular weight is 691 g/mol. The standard InChI is InChI=1S/C37H41Cl2N5O4/c38-31(27-14-43(41-35(27)45)33-21-3-16-1-17(5-21)6-22(33)4-16)20-11-26(25-13-30(37(47)48)40-29(25)12-20)32(39)28-15-44(42-36(28)46)34-23-7-18-2-19(9-23)10-24(34)8-18/h11-13,16-19,21-24,33-34,40H,1-10,14-15H2,(H,41,45)(H,42,46)(H,47,48). The minimum absolute atomic E-state index is 0.0133. The summed E-state index contributed by atoms with van der Waals surface area (Å²) in [7, 11) is 0. The molecule has 10 aliphatic rings. The van der Waals surface area contributed by atoms with E-state index in [0.717, 1.165) is 23.7 Å². The number of hydrogen-bond donors (Lipinski definition) is 4. The van der Waals surface area contributed by atoms with Crippen LogP contribution < -0.4 is 10.9 Å². The van der Waals surface area contributed by atoms with Crippen LogP contribution in [0.5, 0.6) is 0 Å². The summed E-state index contributed by atoms with van der Waals surface area (Å²) in [6, 6.07) is 5.80. The van der Waals surface area contributed by atoms with Crippen LogP contribution in [0.4, 0.5) is 0 Å². The van der Waals surface area contributed by atoms with E-state index in [4.69, 9.17) is 23.2 Å². The van der Waals surface area contributed by atoms with Gasteiger partial charge in [0.05, 0.1) is 34.3 Å². The van der Waals surface area contributed by atoms with Gasteiger partial charge in [0, 0.05) is 28.6 Å². The van der Waals surface area contributed by atoms with Gasteiger partial charge in [-0.2, -0.15) is 0 Å². The summed E-state index contributed by atoms with van der Waals surface area (Å²) < 4.78 is 0. The molecule has 1 aromatic carbocycles. The number of nitrogens with zero attached hydrogens (tertiary/aromatic N) is 2. The topological polar surface area (TPSA) is 118 Å². The van der Waals surface area contributed by atoms with Gasteiger partial charge in [-0.15, -0.1) is 0 Å². The molecule has 1 aromatic heterocycles. The molecule has 2 aromatic rings. The Hall–Kier alpha value is -2.85. The Balaban J connectivity index is 0.993. The molecule has 9 nitrogen and oxygen atoms in total. The van der Waals surface area contributed by atoms with Gasteiger partial charge in [0.15, 0.2) is 0 Å². The van der Waals surface area contributed by atoms with Crippen LogP contribution in [0.2, 0.25) is 0 Å². The number of halogens is 2. The Morgan fingerprint density at radius 3 is 1.58 bits per heavy atom. The van der Waals surface area contributed by atoms with Gasteiger partial charge in [0.25, 0.3) is 11.8 Å². The van der Waals surface area contributed by atoms with Gasteiger partial charge in [-0.25, -0.2) is 14.8 Å². The third-order valence-electron chi connectivity index (χ3n) is 13.8. The van der Waals surface area contributed by atoms with E-state index >= 15 is 0 Å². The normalized spacial score (nSPS) is 40.6. The highest BCUT2D eigenvalue weighted by Gasteiger charge is 2.53. The Bertz CT molecular complexity index is 1790. The Labute approximate surface area is 289 Å². The number of hydrazine groups is 2. The van der Waals surface area contributed by atoms with Crippen molar-refractivity contribution >= 4 is 62.0 Å². The molecule has 0 radical (unpaired) electrons. The van der Waals surface area contributed by atoms with Crippen LogP contribution >= 0.6 is 23.2 Å². The largest absolute Gasteiger partial charge is 0.477 e. The van der Waals surface area contributed by atoms with E-state index in [0.29, 0.717) is 87.1 Å². The number of aromatic nitrogens is 1. The smallest absolute Gasteiger partial charge is 0.352 e. The summed E-state index contributed by atoms with van der Waals surface area (Å²) >= 11 is 14.3. The summed E-state index contributed by atoms with van der Waals surface area (Å²) in [5.41, 5.74) is 8.91. The molecule has 48 heavy (non-hydrogen) atoms. The molecular weight excluding hydrogens is 649 g/mol. The van der Waals surface area contributed by atoms with Crippen molar-refractivity contribution in [3.8, 4) is 0 Å². The average Bonchev–Trinajstić information content (AvgIpc) is 3.75. The fourth-order valence-corrected chi connectivity index (χ4v) is 13.0. The summed E-state index contributed by atoms with van der Waals surface area (Å²) in [4.78, 5) is 42.1. The quantitative estimate of drug-likeness (QED) is 0.282. The summed E-state index contributed by atoms with van der Waals surface area (Å²) in [5, 5.41) is 15.3. The van der Waals surface area contributed by atoms with Crippen molar-refractivity contribution in [2.45, 2.75) is 76.3 Å². The fourth-order valence-electron chi connectivity index (χ4n) is 12.5. The van der Waals surface area contributed by atoms with Crippen molar-refractivity contribution in [3.05, 3.63) is 46.2 Å². The molecule has 0 unspecified atom stereocenters. The molecule has 10 fully saturated rings. The molecule has 0 spiro atoms. The lowest BCUT2D eigenvalue weighted by molar-refractivity contribution is -0.124. The number of aromatic carboxylic acids is 1. The van der Waals surface area contributed by atoms with Gasteiger partial charge < -0.3 is 10.1 Å². The van der Waals surface area contributed by atoms with Gasteiger partial charge in [-0.1, -0.05) is 23.2 Å².